The Labute approximate surface area is 85.7 Å². The summed E-state index contributed by atoms with van der Waals surface area (Å²) in [5.74, 6) is -0.509. The molecule has 0 amide bonds. The lowest BCUT2D eigenvalue weighted by atomic mass is 9.89. The van der Waals surface area contributed by atoms with E-state index in [0.717, 1.165) is 12.8 Å². The number of rotatable bonds is 1. The molecule has 6 heteroatoms. The predicted octanol–water partition coefficient (Wildman–Crippen LogP) is 0.377. The van der Waals surface area contributed by atoms with Gasteiger partial charge in [-0.3, -0.25) is 10.1 Å². The molecule has 6 nitrogen and oxygen atoms in total. The number of carbonyl (C=O) groups is 1. The number of carbonyl (C=O) groups excluding carboxylic acids is 1. The average molecular weight is 213 g/mol. The molecule has 15 heavy (non-hydrogen) atoms. The zero-order valence-corrected chi connectivity index (χ0v) is 8.01. The summed E-state index contributed by atoms with van der Waals surface area (Å²) in [5.41, 5.74) is 0.530. The first-order valence-electron chi connectivity index (χ1n) is 4.86. The van der Waals surface area contributed by atoms with Crippen LogP contribution in [0.3, 0.4) is 0 Å². The van der Waals surface area contributed by atoms with Crippen molar-refractivity contribution in [2.45, 2.75) is 37.8 Å². The molecule has 0 aromatic rings. The van der Waals surface area contributed by atoms with Gasteiger partial charge in [0.15, 0.2) is 6.10 Å². The quantitative estimate of drug-likeness (QED) is 0.386. The monoisotopic (exact) mass is 213 g/mol. The van der Waals surface area contributed by atoms with Crippen molar-refractivity contribution >= 4 is 5.97 Å². The van der Waals surface area contributed by atoms with Gasteiger partial charge >= 0.3 is 12.0 Å². The lowest BCUT2D eigenvalue weighted by molar-refractivity contribution is -0.520. The Kier molecular flexibility index (Phi) is 2.44. The number of nitrogens with zero attached hydrogens (tertiary/aromatic N) is 1. The summed E-state index contributed by atoms with van der Waals surface area (Å²) >= 11 is 0. The molecule has 0 aromatic heterocycles. The summed E-state index contributed by atoms with van der Waals surface area (Å²) < 4.78 is 4.87. The third kappa shape index (κ3) is 1.61. The van der Waals surface area contributed by atoms with E-state index in [-0.39, 0.29) is 0 Å². The van der Waals surface area contributed by atoms with Crippen LogP contribution in [0.5, 0.6) is 0 Å². The fourth-order valence-corrected chi connectivity index (χ4v) is 2.03. The van der Waals surface area contributed by atoms with Crippen LogP contribution >= 0.6 is 0 Å². The standard InChI is InChI=1S/C9H11NO5/c11-8-5-3-1-2-4-6(5)15-9(12)7(8)10(13)14/h7-8,11H,1-4H2. The molecular weight excluding hydrogens is 202 g/mol. The number of hydrogen-bond donors (Lipinski definition) is 1. The molecule has 82 valence electrons. The van der Waals surface area contributed by atoms with Crippen LogP contribution in [0.2, 0.25) is 0 Å². The van der Waals surface area contributed by atoms with Crippen LogP contribution in [0.1, 0.15) is 25.7 Å². The summed E-state index contributed by atoms with van der Waals surface area (Å²) in [4.78, 5) is 21.0. The van der Waals surface area contributed by atoms with E-state index >= 15 is 0 Å². The van der Waals surface area contributed by atoms with Gasteiger partial charge in [-0.15, -0.1) is 0 Å². The van der Waals surface area contributed by atoms with Crippen LogP contribution < -0.4 is 0 Å². The number of aliphatic hydroxyl groups excluding tert-OH is 1. The predicted molar refractivity (Wildman–Crippen MR) is 48.4 cm³/mol. The van der Waals surface area contributed by atoms with Gasteiger partial charge in [0.05, 0.1) is 0 Å². The van der Waals surface area contributed by atoms with Gasteiger partial charge in [-0.1, -0.05) is 0 Å². The molecule has 0 fully saturated rings. The maximum Gasteiger partial charge on any atom is 0.389 e. The number of hydrogen-bond acceptors (Lipinski definition) is 5. The van der Waals surface area contributed by atoms with Gasteiger partial charge in [-0.2, -0.15) is 0 Å². The van der Waals surface area contributed by atoms with Gasteiger partial charge in [0.1, 0.15) is 5.76 Å². The third-order valence-electron chi connectivity index (χ3n) is 2.81. The molecule has 1 aliphatic heterocycles. The Hall–Kier alpha value is -1.43. The minimum Gasteiger partial charge on any atom is -0.426 e. The largest absolute Gasteiger partial charge is 0.426 e. The number of aliphatic hydroxyl groups is 1. The molecule has 0 aromatic carbocycles. The van der Waals surface area contributed by atoms with E-state index in [2.05, 4.69) is 0 Å². The molecule has 0 spiro atoms. The van der Waals surface area contributed by atoms with Crippen molar-refractivity contribution in [1.29, 1.82) is 0 Å². The molecule has 0 saturated heterocycles. The maximum absolute atomic E-state index is 11.2. The van der Waals surface area contributed by atoms with Gasteiger partial charge in [0.2, 0.25) is 0 Å². The molecule has 2 aliphatic rings. The number of esters is 1. The zero-order valence-electron chi connectivity index (χ0n) is 8.01. The van der Waals surface area contributed by atoms with Crippen molar-refractivity contribution in [3.05, 3.63) is 21.4 Å². The Morgan fingerprint density at radius 2 is 2.07 bits per heavy atom. The molecule has 0 saturated carbocycles. The van der Waals surface area contributed by atoms with Crippen LogP contribution in [-0.4, -0.2) is 28.1 Å². The van der Waals surface area contributed by atoms with E-state index < -0.39 is 23.0 Å². The van der Waals surface area contributed by atoms with Crippen molar-refractivity contribution in [2.75, 3.05) is 0 Å². The molecule has 1 heterocycles. The smallest absolute Gasteiger partial charge is 0.389 e. The summed E-state index contributed by atoms with van der Waals surface area (Å²) in [6.07, 6.45) is 1.62. The highest BCUT2D eigenvalue weighted by Gasteiger charge is 2.47. The van der Waals surface area contributed by atoms with Crippen LogP contribution in [-0.2, 0) is 9.53 Å². The second-order valence-electron chi connectivity index (χ2n) is 3.75. The highest BCUT2D eigenvalue weighted by molar-refractivity contribution is 5.78. The first-order chi connectivity index (χ1) is 7.11. The van der Waals surface area contributed by atoms with Crippen LogP contribution in [0, 0.1) is 10.1 Å². The molecule has 1 N–H and O–H groups in total. The normalized spacial score (nSPS) is 30.9. The molecule has 2 atom stereocenters. The second kappa shape index (κ2) is 3.62. The Balaban J connectivity index is 2.33. The van der Waals surface area contributed by atoms with Crippen molar-refractivity contribution in [3.8, 4) is 0 Å². The highest BCUT2D eigenvalue weighted by atomic mass is 16.6. The number of allylic oxidation sites excluding steroid dienone is 1. The molecule has 0 bridgehead atoms. The first kappa shape index (κ1) is 10.1. The van der Waals surface area contributed by atoms with Gasteiger partial charge < -0.3 is 9.84 Å². The van der Waals surface area contributed by atoms with Crippen LogP contribution in [0.15, 0.2) is 11.3 Å². The summed E-state index contributed by atoms with van der Waals surface area (Å²) in [5, 5.41) is 20.3. The van der Waals surface area contributed by atoms with Crippen molar-refractivity contribution in [3.63, 3.8) is 0 Å². The number of nitro groups is 1. The van der Waals surface area contributed by atoms with Crippen molar-refractivity contribution < 1.29 is 19.6 Å². The zero-order chi connectivity index (χ0) is 11.0. The second-order valence-corrected chi connectivity index (χ2v) is 3.75. The minimum atomic E-state index is -1.65. The van der Waals surface area contributed by atoms with Gasteiger partial charge in [-0.25, -0.2) is 4.79 Å². The van der Waals surface area contributed by atoms with Crippen LogP contribution in [0.25, 0.3) is 0 Å². The Morgan fingerprint density at radius 3 is 2.73 bits per heavy atom. The molecule has 0 radical (unpaired) electrons. The third-order valence-corrected chi connectivity index (χ3v) is 2.81. The summed E-state index contributed by atoms with van der Waals surface area (Å²) in [7, 11) is 0. The average Bonchev–Trinajstić information content (AvgIpc) is 2.17. The van der Waals surface area contributed by atoms with E-state index in [1.807, 2.05) is 0 Å². The van der Waals surface area contributed by atoms with E-state index in [1.165, 1.54) is 0 Å². The van der Waals surface area contributed by atoms with Crippen molar-refractivity contribution in [2.24, 2.45) is 0 Å². The van der Waals surface area contributed by atoms with E-state index in [4.69, 9.17) is 4.74 Å². The topological polar surface area (TPSA) is 89.7 Å². The summed E-state index contributed by atoms with van der Waals surface area (Å²) in [6.45, 7) is 0. The SMILES string of the molecule is O=C1OC2=C(CCCC2)C(O)C1[N+](=O)[O-]. The molecule has 1 aliphatic carbocycles. The highest BCUT2D eigenvalue weighted by Crippen LogP contribution is 2.33. The lowest BCUT2D eigenvalue weighted by Gasteiger charge is -2.28. The van der Waals surface area contributed by atoms with Crippen molar-refractivity contribution in [1.82, 2.24) is 0 Å². The van der Waals surface area contributed by atoms with Gasteiger partial charge in [-0.05, 0) is 19.3 Å². The minimum absolute atomic E-state index is 0.442. The Morgan fingerprint density at radius 1 is 1.40 bits per heavy atom. The van der Waals surface area contributed by atoms with E-state index in [9.17, 15) is 20.0 Å². The van der Waals surface area contributed by atoms with Crippen LogP contribution in [0.4, 0.5) is 0 Å². The van der Waals surface area contributed by atoms with E-state index in [0.29, 0.717) is 24.2 Å². The fraction of sp³-hybridized carbons (Fsp3) is 0.667. The maximum atomic E-state index is 11.2. The van der Waals surface area contributed by atoms with Gasteiger partial charge in [0, 0.05) is 16.9 Å². The molecular formula is C9H11NO5. The summed E-state index contributed by atoms with van der Waals surface area (Å²) in [6, 6.07) is -1.65. The van der Waals surface area contributed by atoms with E-state index in [1.54, 1.807) is 0 Å². The van der Waals surface area contributed by atoms with Gasteiger partial charge in [0.25, 0.3) is 0 Å². The Bertz CT molecular complexity index is 348. The fourth-order valence-electron chi connectivity index (χ4n) is 2.03. The molecule has 2 unspecified atom stereocenters. The number of ether oxygens (including phenoxy) is 1. The lowest BCUT2D eigenvalue weighted by Crippen LogP contribution is -2.47. The molecule has 2 rings (SSSR count). The first-order valence-corrected chi connectivity index (χ1v) is 4.86.